The molecule has 1 heterocycles. The monoisotopic (exact) mass is 279 g/mol. The van der Waals surface area contributed by atoms with E-state index in [9.17, 15) is 10.1 Å². The largest absolute Gasteiger partial charge is 0.496 e. The lowest BCUT2D eigenvalue weighted by Gasteiger charge is -2.07. The Balaban J connectivity index is 2.04. The van der Waals surface area contributed by atoms with Crippen molar-refractivity contribution in [2.45, 2.75) is 11.5 Å². The van der Waals surface area contributed by atoms with E-state index in [1.54, 1.807) is 37.3 Å². The highest BCUT2D eigenvalue weighted by Gasteiger charge is 2.11. The van der Waals surface area contributed by atoms with E-state index in [0.29, 0.717) is 11.5 Å². The van der Waals surface area contributed by atoms with Gasteiger partial charge in [0.05, 0.1) is 24.0 Å². The van der Waals surface area contributed by atoms with Crippen molar-refractivity contribution in [1.29, 1.82) is 0 Å². The molecule has 0 aliphatic rings. The van der Waals surface area contributed by atoms with Gasteiger partial charge in [-0.3, -0.25) is 10.1 Å². The maximum Gasteiger partial charge on any atom is 0.270 e. The van der Waals surface area contributed by atoms with Gasteiger partial charge in [-0.05, 0) is 18.2 Å². The van der Waals surface area contributed by atoms with Crippen LogP contribution < -0.4 is 4.74 Å². The molecule has 0 fully saturated rings. The lowest BCUT2D eigenvalue weighted by Crippen LogP contribution is -1.94. The van der Waals surface area contributed by atoms with E-state index < -0.39 is 4.92 Å². The van der Waals surface area contributed by atoms with Crippen LogP contribution in [0.2, 0.25) is 0 Å². The molecule has 0 aliphatic carbocycles. The van der Waals surface area contributed by atoms with Crippen LogP contribution in [0.4, 0.5) is 5.69 Å². The van der Waals surface area contributed by atoms with Gasteiger partial charge in [0.2, 0.25) is 0 Å². The van der Waals surface area contributed by atoms with E-state index in [-0.39, 0.29) is 5.69 Å². The number of methoxy groups -OCH3 is 1. The number of thioether (sulfide) groups is 1. The van der Waals surface area contributed by atoms with E-state index in [1.165, 1.54) is 6.07 Å². The third-order valence-corrected chi connectivity index (χ3v) is 3.56. The Morgan fingerprint density at radius 2 is 2.21 bits per heavy atom. The summed E-state index contributed by atoms with van der Waals surface area (Å²) < 4.78 is 10.4. The Morgan fingerprint density at radius 1 is 1.37 bits per heavy atom. The fourth-order valence-electron chi connectivity index (χ4n) is 1.65. The molecule has 1 aromatic carbocycles. The number of nitro benzene ring substituents is 1. The highest BCUT2D eigenvalue weighted by atomic mass is 32.2. The van der Waals surface area contributed by atoms with Crippen molar-refractivity contribution in [3.63, 3.8) is 0 Å². The van der Waals surface area contributed by atoms with E-state index >= 15 is 0 Å². The second-order valence-corrected chi connectivity index (χ2v) is 4.81. The zero-order valence-corrected chi connectivity index (χ0v) is 11.2. The number of non-ortho nitro benzene ring substituents is 1. The van der Waals surface area contributed by atoms with Crippen molar-refractivity contribution in [1.82, 2.24) is 0 Å². The molecule has 0 N–H and O–H groups in total. The minimum absolute atomic E-state index is 0.0781. The first-order chi connectivity index (χ1) is 9.20. The minimum atomic E-state index is -0.403. The van der Waals surface area contributed by atoms with Gasteiger partial charge in [-0.1, -0.05) is 0 Å². The van der Waals surface area contributed by atoms with Crippen LogP contribution >= 0.6 is 11.8 Å². The van der Waals surface area contributed by atoms with Gasteiger partial charge in [0.15, 0.2) is 0 Å². The average Bonchev–Trinajstić information content (AvgIpc) is 2.91. The van der Waals surface area contributed by atoms with Gasteiger partial charge in [-0.15, -0.1) is 11.8 Å². The highest BCUT2D eigenvalue weighted by molar-refractivity contribution is 7.97. The Bertz CT molecular complexity index is 554. The molecule has 0 spiro atoms. The summed E-state index contributed by atoms with van der Waals surface area (Å²) in [5.41, 5.74) is 0.891. The van der Waals surface area contributed by atoms with Gasteiger partial charge < -0.3 is 9.15 Å². The van der Waals surface area contributed by atoms with Crippen molar-refractivity contribution in [2.24, 2.45) is 0 Å². The Labute approximate surface area is 114 Å². The van der Waals surface area contributed by atoms with Crippen LogP contribution in [-0.4, -0.2) is 12.0 Å². The summed E-state index contributed by atoms with van der Waals surface area (Å²) in [6.07, 6.45) is 1.63. The molecular weight excluding hydrogens is 266 g/mol. The standard InChI is InChI=1S/C13H13NO4S/c1-17-13-5-4-11(14(15)16)7-10(13)8-19-9-12-3-2-6-18-12/h2-7H,8-9H2,1H3. The SMILES string of the molecule is COc1ccc([N+](=O)[O-])cc1CSCc1ccco1. The number of nitrogens with zero attached hydrogens (tertiary/aromatic N) is 1. The van der Waals surface area contributed by atoms with Crippen LogP contribution in [0.1, 0.15) is 11.3 Å². The lowest BCUT2D eigenvalue weighted by atomic mass is 10.2. The van der Waals surface area contributed by atoms with E-state index in [4.69, 9.17) is 9.15 Å². The number of nitro groups is 1. The molecule has 6 heteroatoms. The Hall–Kier alpha value is -1.95. The summed E-state index contributed by atoms with van der Waals surface area (Å²) in [6, 6.07) is 8.36. The Morgan fingerprint density at radius 3 is 2.84 bits per heavy atom. The van der Waals surface area contributed by atoms with E-state index in [0.717, 1.165) is 17.1 Å². The first-order valence-corrected chi connectivity index (χ1v) is 6.77. The van der Waals surface area contributed by atoms with Crippen molar-refractivity contribution in [3.05, 3.63) is 58.0 Å². The first-order valence-electron chi connectivity index (χ1n) is 5.62. The van der Waals surface area contributed by atoms with Gasteiger partial charge in [-0.25, -0.2) is 0 Å². The number of rotatable bonds is 6. The van der Waals surface area contributed by atoms with E-state index in [2.05, 4.69) is 0 Å². The molecule has 2 aromatic rings. The quantitative estimate of drug-likeness (QED) is 0.596. The van der Waals surface area contributed by atoms with Gasteiger partial charge in [0.25, 0.3) is 5.69 Å². The Kier molecular flexibility index (Phi) is 4.46. The van der Waals surface area contributed by atoms with Crippen molar-refractivity contribution in [2.75, 3.05) is 7.11 Å². The highest BCUT2D eigenvalue weighted by Crippen LogP contribution is 2.28. The molecule has 0 atom stereocenters. The fourth-order valence-corrected chi connectivity index (χ4v) is 2.56. The minimum Gasteiger partial charge on any atom is -0.496 e. The zero-order valence-electron chi connectivity index (χ0n) is 10.4. The molecule has 0 radical (unpaired) electrons. The van der Waals surface area contributed by atoms with Gasteiger partial charge in [-0.2, -0.15) is 0 Å². The first kappa shape index (κ1) is 13.5. The van der Waals surface area contributed by atoms with Crippen molar-refractivity contribution in [3.8, 4) is 5.75 Å². The number of hydrogen-bond acceptors (Lipinski definition) is 5. The zero-order chi connectivity index (χ0) is 13.7. The van der Waals surface area contributed by atoms with Gasteiger partial charge >= 0.3 is 0 Å². The van der Waals surface area contributed by atoms with Crippen LogP contribution in [0.3, 0.4) is 0 Å². The number of benzene rings is 1. The summed E-state index contributed by atoms with van der Waals surface area (Å²) in [5.74, 6) is 2.90. The summed E-state index contributed by atoms with van der Waals surface area (Å²) in [6.45, 7) is 0. The smallest absolute Gasteiger partial charge is 0.270 e. The number of ether oxygens (including phenoxy) is 1. The third-order valence-electron chi connectivity index (χ3n) is 2.56. The predicted octanol–water partition coefficient (Wildman–Crippen LogP) is 3.63. The van der Waals surface area contributed by atoms with Crippen LogP contribution in [0.15, 0.2) is 41.0 Å². The normalized spacial score (nSPS) is 10.4. The van der Waals surface area contributed by atoms with Crippen LogP contribution in [0.25, 0.3) is 0 Å². The van der Waals surface area contributed by atoms with Gasteiger partial charge in [0.1, 0.15) is 11.5 Å². The molecule has 5 nitrogen and oxygen atoms in total. The summed E-state index contributed by atoms with van der Waals surface area (Å²) in [7, 11) is 1.56. The molecule has 19 heavy (non-hydrogen) atoms. The van der Waals surface area contributed by atoms with Crippen LogP contribution in [-0.2, 0) is 11.5 Å². The summed E-state index contributed by atoms with van der Waals surface area (Å²) in [4.78, 5) is 10.4. The molecule has 2 rings (SSSR count). The van der Waals surface area contributed by atoms with Gasteiger partial charge in [0, 0.05) is 23.4 Å². The molecule has 0 saturated carbocycles. The van der Waals surface area contributed by atoms with Crippen LogP contribution in [0.5, 0.6) is 5.75 Å². The number of hydrogen-bond donors (Lipinski definition) is 0. The topological polar surface area (TPSA) is 65.5 Å². The molecule has 1 aromatic heterocycles. The van der Waals surface area contributed by atoms with Crippen LogP contribution in [0, 0.1) is 10.1 Å². The van der Waals surface area contributed by atoms with E-state index in [1.807, 2.05) is 12.1 Å². The second-order valence-electron chi connectivity index (χ2n) is 3.83. The second kappa shape index (κ2) is 6.29. The fraction of sp³-hybridized carbons (Fsp3) is 0.231. The third kappa shape index (κ3) is 3.51. The summed E-state index contributed by atoms with van der Waals surface area (Å²) >= 11 is 1.62. The molecule has 0 bridgehead atoms. The molecule has 100 valence electrons. The summed E-state index contributed by atoms with van der Waals surface area (Å²) in [5, 5.41) is 10.8. The molecule has 0 saturated heterocycles. The maximum absolute atomic E-state index is 10.8. The molecule has 0 unspecified atom stereocenters. The predicted molar refractivity (Wildman–Crippen MR) is 73.4 cm³/mol. The average molecular weight is 279 g/mol. The molecule has 0 aliphatic heterocycles. The van der Waals surface area contributed by atoms with Crippen molar-refractivity contribution >= 4 is 17.4 Å². The molecule has 0 amide bonds. The maximum atomic E-state index is 10.8. The molecular formula is C13H13NO4S. The number of furan rings is 1. The van der Waals surface area contributed by atoms with Crippen molar-refractivity contribution < 1.29 is 14.1 Å². The lowest BCUT2D eigenvalue weighted by molar-refractivity contribution is -0.384.